The molecule has 0 aromatic carbocycles. The van der Waals surface area contributed by atoms with Crippen LogP contribution in [0.25, 0.3) is 0 Å². The number of ether oxygens (including phenoxy) is 1. The highest BCUT2D eigenvalue weighted by atomic mass is 32.2. The molecule has 74 valence electrons. The first kappa shape index (κ1) is 11.9. The highest BCUT2D eigenvalue weighted by Gasteiger charge is 2.12. The summed E-state index contributed by atoms with van der Waals surface area (Å²) in [5.74, 6) is 0.321. The van der Waals surface area contributed by atoms with Crippen LogP contribution in [0.15, 0.2) is 0 Å². The van der Waals surface area contributed by atoms with Gasteiger partial charge in [0, 0.05) is 5.75 Å². The van der Waals surface area contributed by atoms with Crippen LogP contribution in [0.4, 0.5) is 0 Å². The Morgan fingerprint density at radius 2 is 1.75 bits per heavy atom. The summed E-state index contributed by atoms with van der Waals surface area (Å²) in [6, 6.07) is 0. The zero-order valence-corrected chi connectivity index (χ0v) is 9.07. The van der Waals surface area contributed by atoms with Gasteiger partial charge in [0.25, 0.3) is 0 Å². The first-order valence-corrected chi connectivity index (χ1v) is 5.93. The number of rotatable bonds is 4. The molecule has 0 unspecified atom stereocenters. The van der Waals surface area contributed by atoms with E-state index < -0.39 is 9.84 Å². The topological polar surface area (TPSA) is 43.4 Å². The molecular formula is C8H18O3S. The molecule has 0 aliphatic rings. The van der Waals surface area contributed by atoms with Crippen molar-refractivity contribution in [1.82, 2.24) is 0 Å². The minimum atomic E-state index is -2.87. The summed E-state index contributed by atoms with van der Waals surface area (Å²) in [6.45, 7) is 7.66. The molecule has 12 heavy (non-hydrogen) atoms. The van der Waals surface area contributed by atoms with Gasteiger partial charge in [-0.05, 0) is 20.8 Å². The quantitative estimate of drug-likeness (QED) is 0.676. The van der Waals surface area contributed by atoms with Gasteiger partial charge in [-0.15, -0.1) is 0 Å². The van der Waals surface area contributed by atoms with Crippen molar-refractivity contribution < 1.29 is 13.2 Å². The van der Waals surface area contributed by atoms with Gasteiger partial charge in [0.2, 0.25) is 0 Å². The predicted octanol–water partition coefficient (Wildman–Crippen LogP) is 1.24. The molecule has 0 N–H and O–H groups in total. The second-order valence-electron chi connectivity index (χ2n) is 3.70. The summed E-state index contributed by atoms with van der Waals surface area (Å²) in [6.07, 6.45) is 0. The minimum Gasteiger partial charge on any atom is -0.375 e. The van der Waals surface area contributed by atoms with Crippen LogP contribution in [0.5, 0.6) is 0 Å². The zero-order valence-electron chi connectivity index (χ0n) is 8.25. The summed E-state index contributed by atoms with van der Waals surface area (Å²) in [5, 5.41) is 0. The van der Waals surface area contributed by atoms with E-state index in [9.17, 15) is 8.42 Å². The van der Waals surface area contributed by atoms with E-state index in [1.165, 1.54) is 0 Å². The fraction of sp³-hybridized carbons (Fsp3) is 1.00. The number of hydrogen-bond donors (Lipinski definition) is 0. The van der Waals surface area contributed by atoms with E-state index in [4.69, 9.17) is 4.74 Å². The monoisotopic (exact) mass is 194 g/mol. The first-order chi connectivity index (χ1) is 5.27. The Bertz CT molecular complexity index is 211. The van der Waals surface area contributed by atoms with Crippen molar-refractivity contribution in [3.63, 3.8) is 0 Å². The minimum absolute atomic E-state index is 0.126. The summed E-state index contributed by atoms with van der Waals surface area (Å²) in [5.41, 5.74) is -0.247. The molecule has 0 aliphatic carbocycles. The average Bonchev–Trinajstić information content (AvgIpc) is 1.84. The average molecular weight is 194 g/mol. The van der Waals surface area contributed by atoms with Crippen LogP contribution in [-0.4, -0.2) is 32.1 Å². The van der Waals surface area contributed by atoms with Crippen molar-refractivity contribution in [2.24, 2.45) is 0 Å². The molecule has 0 aromatic heterocycles. The summed E-state index contributed by atoms with van der Waals surface area (Å²) >= 11 is 0. The van der Waals surface area contributed by atoms with Crippen LogP contribution in [0.2, 0.25) is 0 Å². The van der Waals surface area contributed by atoms with Crippen molar-refractivity contribution >= 4 is 9.84 Å². The maximum atomic E-state index is 11.0. The fourth-order valence-corrected chi connectivity index (χ4v) is 1.25. The van der Waals surface area contributed by atoms with Gasteiger partial charge in [-0.1, -0.05) is 6.92 Å². The molecule has 3 nitrogen and oxygen atoms in total. The Hall–Kier alpha value is -0.0900. The van der Waals surface area contributed by atoms with Crippen LogP contribution >= 0.6 is 0 Å². The molecule has 4 heteroatoms. The van der Waals surface area contributed by atoms with Crippen molar-refractivity contribution in [1.29, 1.82) is 0 Å². The Morgan fingerprint density at radius 1 is 1.25 bits per heavy atom. The van der Waals surface area contributed by atoms with E-state index in [2.05, 4.69) is 0 Å². The van der Waals surface area contributed by atoms with E-state index in [0.29, 0.717) is 6.61 Å². The Balaban J connectivity index is 3.73. The second-order valence-corrected chi connectivity index (χ2v) is 6.17. The van der Waals surface area contributed by atoms with Gasteiger partial charge < -0.3 is 4.74 Å². The molecule has 0 bridgehead atoms. The van der Waals surface area contributed by atoms with Gasteiger partial charge >= 0.3 is 0 Å². The van der Waals surface area contributed by atoms with Crippen molar-refractivity contribution in [2.45, 2.75) is 33.3 Å². The lowest BCUT2D eigenvalue weighted by Crippen LogP contribution is -2.24. The van der Waals surface area contributed by atoms with Crippen molar-refractivity contribution in [3.8, 4) is 0 Å². The molecule has 0 heterocycles. The van der Waals surface area contributed by atoms with Crippen LogP contribution in [0.3, 0.4) is 0 Å². The van der Waals surface area contributed by atoms with Gasteiger partial charge in [0.05, 0.1) is 18.0 Å². The van der Waals surface area contributed by atoms with Crippen molar-refractivity contribution in [2.75, 3.05) is 18.1 Å². The molecule has 0 radical (unpaired) electrons. The van der Waals surface area contributed by atoms with Gasteiger partial charge in [-0.25, -0.2) is 8.42 Å². The Kier molecular flexibility index (Phi) is 4.20. The summed E-state index contributed by atoms with van der Waals surface area (Å²) < 4.78 is 27.3. The maximum Gasteiger partial charge on any atom is 0.152 e. The molecular weight excluding hydrogens is 176 g/mol. The maximum absolute atomic E-state index is 11.0. The molecule has 0 fully saturated rings. The molecule has 0 saturated heterocycles. The SMILES string of the molecule is CCS(=O)(=O)CCOC(C)(C)C. The predicted molar refractivity (Wildman–Crippen MR) is 50.0 cm³/mol. The molecule has 0 atom stereocenters. The lowest BCUT2D eigenvalue weighted by molar-refractivity contribution is 0.00645. The van der Waals surface area contributed by atoms with Crippen LogP contribution in [0.1, 0.15) is 27.7 Å². The highest BCUT2D eigenvalue weighted by Crippen LogP contribution is 2.06. The van der Waals surface area contributed by atoms with Crippen LogP contribution in [0, 0.1) is 0 Å². The summed E-state index contributed by atoms with van der Waals surface area (Å²) in [4.78, 5) is 0. The smallest absolute Gasteiger partial charge is 0.152 e. The van der Waals surface area contributed by atoms with E-state index in [-0.39, 0.29) is 17.1 Å². The van der Waals surface area contributed by atoms with E-state index in [1.807, 2.05) is 20.8 Å². The van der Waals surface area contributed by atoms with E-state index in [1.54, 1.807) is 6.92 Å². The standard InChI is InChI=1S/C8H18O3S/c1-5-12(9,10)7-6-11-8(2,3)4/h5-7H2,1-4H3. The van der Waals surface area contributed by atoms with Gasteiger partial charge in [-0.2, -0.15) is 0 Å². The highest BCUT2D eigenvalue weighted by molar-refractivity contribution is 7.91. The lowest BCUT2D eigenvalue weighted by atomic mass is 10.2. The molecule has 0 spiro atoms. The van der Waals surface area contributed by atoms with Gasteiger partial charge in [-0.3, -0.25) is 0 Å². The van der Waals surface area contributed by atoms with Gasteiger partial charge in [0.15, 0.2) is 9.84 Å². The van der Waals surface area contributed by atoms with Crippen molar-refractivity contribution in [3.05, 3.63) is 0 Å². The van der Waals surface area contributed by atoms with Gasteiger partial charge in [0.1, 0.15) is 0 Å². The van der Waals surface area contributed by atoms with E-state index in [0.717, 1.165) is 0 Å². The normalized spacial score (nSPS) is 13.3. The van der Waals surface area contributed by atoms with Crippen LogP contribution < -0.4 is 0 Å². The summed E-state index contributed by atoms with van der Waals surface area (Å²) in [7, 11) is -2.87. The second kappa shape index (κ2) is 4.23. The largest absolute Gasteiger partial charge is 0.375 e. The number of hydrogen-bond acceptors (Lipinski definition) is 3. The van der Waals surface area contributed by atoms with E-state index >= 15 is 0 Å². The molecule has 0 amide bonds. The zero-order chi connectivity index (χ0) is 9.83. The fourth-order valence-electron chi connectivity index (χ4n) is 0.619. The number of sulfone groups is 1. The van der Waals surface area contributed by atoms with Crippen LogP contribution in [-0.2, 0) is 14.6 Å². The Labute approximate surface area is 75.0 Å². The Morgan fingerprint density at radius 3 is 2.08 bits per heavy atom. The third-order valence-corrected chi connectivity index (χ3v) is 3.04. The molecule has 0 aliphatic heterocycles. The molecule has 0 saturated carbocycles. The third-order valence-electron chi connectivity index (χ3n) is 1.37. The lowest BCUT2D eigenvalue weighted by Gasteiger charge is -2.19. The third kappa shape index (κ3) is 6.61. The molecule has 0 aromatic rings. The first-order valence-electron chi connectivity index (χ1n) is 4.11. The molecule has 0 rings (SSSR count).